The smallest absolute Gasteiger partial charge is 0.0808 e. The van der Waals surface area contributed by atoms with Crippen LogP contribution in [0.3, 0.4) is 0 Å². The molecule has 0 saturated heterocycles. The third-order valence-corrected chi connectivity index (χ3v) is 11.9. The molecule has 0 saturated carbocycles. The summed E-state index contributed by atoms with van der Waals surface area (Å²) < 4.78 is 0. The van der Waals surface area contributed by atoms with E-state index in [0.717, 1.165) is 12.8 Å². The Hall–Kier alpha value is -3.42. The lowest BCUT2D eigenvalue weighted by molar-refractivity contribution is 1.27. The van der Waals surface area contributed by atoms with Crippen LogP contribution in [-0.4, -0.2) is 8.07 Å². The number of allylic oxidation sites excluding steroid dienone is 4. The molecule has 6 rings (SSSR count). The van der Waals surface area contributed by atoms with Crippen LogP contribution in [0.25, 0.3) is 11.1 Å². The van der Waals surface area contributed by atoms with Gasteiger partial charge in [-0.25, -0.2) is 0 Å². The van der Waals surface area contributed by atoms with Crippen LogP contribution in [0.15, 0.2) is 127 Å². The molecule has 0 N–H and O–H groups in total. The quantitative estimate of drug-likeness (QED) is 0.283. The minimum atomic E-state index is -2.39. The van der Waals surface area contributed by atoms with Crippen molar-refractivity contribution in [2.45, 2.75) is 12.8 Å². The molecule has 0 nitrogen and oxygen atoms in total. The standard InChI is InChI=1S/C30H24Si/c1-3-13-24(14-4-1)31(26-17-8-9-18-26,25-15-5-2-6-16-25)30-21-11-20-28-27-19-10-7-12-23(27)22-29(28)30/h1-17,19-21H,18,22H2. The average molecular weight is 413 g/mol. The second kappa shape index (κ2) is 7.37. The predicted molar refractivity (Wildman–Crippen MR) is 134 cm³/mol. The molecule has 0 fully saturated rings. The number of rotatable bonds is 4. The lowest BCUT2D eigenvalue weighted by Gasteiger charge is -2.37. The Labute approximate surface area is 185 Å². The van der Waals surface area contributed by atoms with E-state index >= 15 is 0 Å². The van der Waals surface area contributed by atoms with Crippen LogP contribution in [0, 0.1) is 0 Å². The summed E-state index contributed by atoms with van der Waals surface area (Å²) in [5.74, 6) is 0. The highest BCUT2D eigenvalue weighted by molar-refractivity contribution is 7.16. The van der Waals surface area contributed by atoms with Crippen molar-refractivity contribution in [3.8, 4) is 11.1 Å². The molecule has 0 atom stereocenters. The first-order chi connectivity index (χ1) is 15.4. The van der Waals surface area contributed by atoms with Crippen LogP contribution < -0.4 is 15.6 Å². The fourth-order valence-electron chi connectivity index (χ4n) is 5.63. The zero-order valence-electron chi connectivity index (χ0n) is 17.5. The summed E-state index contributed by atoms with van der Waals surface area (Å²) in [5.41, 5.74) is 5.80. The van der Waals surface area contributed by atoms with Gasteiger partial charge in [-0.3, -0.25) is 0 Å². The van der Waals surface area contributed by atoms with Crippen LogP contribution in [0.1, 0.15) is 17.5 Å². The van der Waals surface area contributed by atoms with Crippen LogP contribution in [0.5, 0.6) is 0 Å². The molecular formula is C30H24Si. The molecule has 0 amide bonds. The van der Waals surface area contributed by atoms with Crippen LogP contribution >= 0.6 is 0 Å². The topological polar surface area (TPSA) is 0 Å². The molecule has 1 heteroatoms. The third kappa shape index (κ3) is 2.74. The van der Waals surface area contributed by atoms with Crippen molar-refractivity contribution in [1.29, 1.82) is 0 Å². The summed E-state index contributed by atoms with van der Waals surface area (Å²) in [6.07, 6.45) is 9.03. The first-order valence-electron chi connectivity index (χ1n) is 11.1. The Bertz CT molecular complexity index is 1270. The van der Waals surface area contributed by atoms with E-state index < -0.39 is 8.07 Å². The van der Waals surface area contributed by atoms with Crippen LogP contribution in [0.4, 0.5) is 0 Å². The van der Waals surface area contributed by atoms with Gasteiger partial charge in [-0.15, -0.1) is 0 Å². The Morgan fingerprint density at radius 2 is 1.23 bits per heavy atom. The van der Waals surface area contributed by atoms with Gasteiger partial charge in [-0.1, -0.05) is 127 Å². The predicted octanol–water partition coefficient (Wildman–Crippen LogP) is 5.15. The number of fused-ring (bicyclic) bond motifs is 3. The maximum absolute atomic E-state index is 2.43. The Morgan fingerprint density at radius 1 is 0.581 bits per heavy atom. The van der Waals surface area contributed by atoms with Gasteiger partial charge in [0.2, 0.25) is 0 Å². The summed E-state index contributed by atoms with van der Waals surface area (Å²) >= 11 is 0. The van der Waals surface area contributed by atoms with Crippen molar-refractivity contribution < 1.29 is 0 Å². The highest BCUT2D eigenvalue weighted by Crippen LogP contribution is 2.37. The molecule has 2 aliphatic carbocycles. The first-order valence-corrected chi connectivity index (χ1v) is 13.1. The van der Waals surface area contributed by atoms with Gasteiger partial charge in [0, 0.05) is 0 Å². The highest BCUT2D eigenvalue weighted by atomic mass is 28.3. The van der Waals surface area contributed by atoms with Crippen molar-refractivity contribution in [3.63, 3.8) is 0 Å². The molecule has 0 unspecified atom stereocenters. The SMILES string of the molecule is C1=CCC([Si](c2ccccc2)(c2ccccc2)c2cccc3c2Cc2ccccc2-3)=C1. The monoisotopic (exact) mass is 412 g/mol. The molecule has 4 aromatic carbocycles. The average Bonchev–Trinajstić information content (AvgIpc) is 3.50. The van der Waals surface area contributed by atoms with Crippen molar-refractivity contribution in [2.75, 3.05) is 0 Å². The van der Waals surface area contributed by atoms with Gasteiger partial charge in [0.1, 0.15) is 0 Å². The van der Waals surface area contributed by atoms with E-state index in [-0.39, 0.29) is 0 Å². The van der Waals surface area contributed by atoms with Crippen LogP contribution in [0.2, 0.25) is 0 Å². The Kier molecular flexibility index (Phi) is 4.36. The Morgan fingerprint density at radius 3 is 1.90 bits per heavy atom. The van der Waals surface area contributed by atoms with Gasteiger partial charge < -0.3 is 0 Å². The fourth-order valence-corrected chi connectivity index (χ4v) is 10.9. The van der Waals surface area contributed by atoms with Gasteiger partial charge >= 0.3 is 0 Å². The highest BCUT2D eigenvalue weighted by Gasteiger charge is 2.45. The number of hydrogen-bond acceptors (Lipinski definition) is 0. The summed E-state index contributed by atoms with van der Waals surface area (Å²) in [5, 5.41) is 6.07. The van der Waals surface area contributed by atoms with E-state index in [9.17, 15) is 0 Å². The third-order valence-electron chi connectivity index (χ3n) is 6.92. The summed E-state index contributed by atoms with van der Waals surface area (Å²) in [6.45, 7) is 0. The van der Waals surface area contributed by atoms with Gasteiger partial charge in [0.25, 0.3) is 0 Å². The second-order valence-electron chi connectivity index (χ2n) is 8.47. The van der Waals surface area contributed by atoms with E-state index in [2.05, 4.69) is 121 Å². The van der Waals surface area contributed by atoms with E-state index in [0.29, 0.717) is 0 Å². The van der Waals surface area contributed by atoms with Gasteiger partial charge in [-0.2, -0.15) is 0 Å². The zero-order valence-corrected chi connectivity index (χ0v) is 18.5. The van der Waals surface area contributed by atoms with E-state index in [1.165, 1.54) is 32.6 Å². The minimum absolute atomic E-state index is 1.02. The van der Waals surface area contributed by atoms with Crippen molar-refractivity contribution >= 4 is 23.6 Å². The molecule has 31 heavy (non-hydrogen) atoms. The Balaban J connectivity index is 1.71. The fraction of sp³-hybridized carbons (Fsp3) is 0.0667. The lowest BCUT2D eigenvalue weighted by Crippen LogP contribution is -2.69. The van der Waals surface area contributed by atoms with Crippen molar-refractivity contribution in [1.82, 2.24) is 0 Å². The first kappa shape index (κ1) is 18.4. The van der Waals surface area contributed by atoms with Gasteiger partial charge in [0.15, 0.2) is 8.07 Å². The van der Waals surface area contributed by atoms with Crippen molar-refractivity contribution in [2.24, 2.45) is 0 Å². The zero-order chi connectivity index (χ0) is 20.7. The molecule has 0 spiro atoms. The van der Waals surface area contributed by atoms with E-state index in [1.807, 2.05) is 0 Å². The molecule has 2 aliphatic rings. The summed E-state index contributed by atoms with van der Waals surface area (Å²) in [4.78, 5) is 0. The molecule has 0 heterocycles. The van der Waals surface area contributed by atoms with Gasteiger partial charge in [0.05, 0.1) is 0 Å². The molecule has 148 valence electrons. The minimum Gasteiger partial charge on any atom is -0.0808 e. The van der Waals surface area contributed by atoms with E-state index in [1.54, 1.807) is 10.4 Å². The van der Waals surface area contributed by atoms with E-state index in [4.69, 9.17) is 0 Å². The van der Waals surface area contributed by atoms with Crippen molar-refractivity contribution in [3.05, 3.63) is 138 Å². The molecule has 0 bridgehead atoms. The molecule has 0 aliphatic heterocycles. The maximum atomic E-state index is 2.43. The summed E-state index contributed by atoms with van der Waals surface area (Å²) in [7, 11) is -2.39. The number of hydrogen-bond donors (Lipinski definition) is 0. The van der Waals surface area contributed by atoms with Gasteiger partial charge in [-0.05, 0) is 50.7 Å². The molecular weight excluding hydrogens is 388 g/mol. The maximum Gasteiger partial charge on any atom is 0.176 e. The second-order valence-corrected chi connectivity index (χ2v) is 12.3. The summed E-state index contributed by atoms with van der Waals surface area (Å²) in [6, 6.07) is 38.5. The molecule has 0 aromatic heterocycles. The van der Waals surface area contributed by atoms with Crippen LogP contribution in [-0.2, 0) is 6.42 Å². The lowest BCUT2D eigenvalue weighted by atomic mass is 10.1. The molecule has 4 aromatic rings. The molecule has 0 radical (unpaired) electrons. The largest absolute Gasteiger partial charge is 0.176 e. The number of benzene rings is 4. The normalized spacial score (nSPS) is 14.3.